The van der Waals surface area contributed by atoms with E-state index in [0.29, 0.717) is 6.61 Å². The summed E-state index contributed by atoms with van der Waals surface area (Å²) < 4.78 is 17.2. The van der Waals surface area contributed by atoms with Crippen LogP contribution in [-0.2, 0) is 13.1 Å². The zero-order valence-electron chi connectivity index (χ0n) is 15.2. The molecular weight excluding hydrogens is 326 g/mol. The van der Waals surface area contributed by atoms with E-state index >= 15 is 0 Å². The Morgan fingerprint density at radius 1 is 1.08 bits per heavy atom. The second kappa shape index (κ2) is 7.26. The van der Waals surface area contributed by atoms with Gasteiger partial charge in [-0.1, -0.05) is 29.8 Å². The fraction of sp³-hybridized carbons (Fsp3) is 0.273. The number of hydrogen-bond donors (Lipinski definition) is 0. The van der Waals surface area contributed by atoms with Gasteiger partial charge in [-0.25, -0.2) is 0 Å². The third kappa shape index (κ3) is 3.46. The minimum atomic E-state index is 0.633. The van der Waals surface area contributed by atoms with Crippen LogP contribution < -0.4 is 9.47 Å². The molecule has 1 aliphatic heterocycles. The molecule has 26 heavy (non-hydrogen) atoms. The molecule has 0 bridgehead atoms. The number of furan rings is 1. The molecule has 2 aromatic carbocycles. The first-order valence-corrected chi connectivity index (χ1v) is 8.88. The number of fused-ring (bicyclic) bond motifs is 1. The molecule has 0 amide bonds. The van der Waals surface area contributed by atoms with Crippen molar-refractivity contribution in [1.29, 1.82) is 0 Å². The molecule has 2 heterocycles. The summed E-state index contributed by atoms with van der Waals surface area (Å²) in [7, 11) is 1.70. The van der Waals surface area contributed by atoms with E-state index < -0.39 is 0 Å². The SMILES string of the molecule is COc1cc(-c2ccc(C)cc2)cc2c1OCCN(Cc1ccco1)C2. The molecular formula is C22H23NO3. The smallest absolute Gasteiger partial charge is 0.165 e. The first kappa shape index (κ1) is 16.7. The normalized spacial score (nSPS) is 14.4. The van der Waals surface area contributed by atoms with E-state index in [2.05, 4.69) is 48.2 Å². The van der Waals surface area contributed by atoms with Gasteiger partial charge in [0.1, 0.15) is 12.4 Å². The number of methoxy groups -OCH3 is 1. The number of nitrogens with zero attached hydrogens (tertiary/aromatic N) is 1. The molecule has 0 saturated carbocycles. The van der Waals surface area contributed by atoms with E-state index in [4.69, 9.17) is 13.9 Å². The Kier molecular flexibility index (Phi) is 4.67. The van der Waals surface area contributed by atoms with Crippen molar-refractivity contribution in [1.82, 2.24) is 4.90 Å². The van der Waals surface area contributed by atoms with Gasteiger partial charge in [-0.2, -0.15) is 0 Å². The summed E-state index contributed by atoms with van der Waals surface area (Å²) in [6.45, 7) is 5.15. The van der Waals surface area contributed by atoms with Crippen LogP contribution in [0.1, 0.15) is 16.9 Å². The molecule has 4 nitrogen and oxygen atoms in total. The van der Waals surface area contributed by atoms with Gasteiger partial charge in [0, 0.05) is 18.7 Å². The van der Waals surface area contributed by atoms with Crippen molar-refractivity contribution >= 4 is 0 Å². The summed E-state index contributed by atoms with van der Waals surface area (Å²) in [5, 5.41) is 0. The maximum atomic E-state index is 6.03. The van der Waals surface area contributed by atoms with Crippen LogP contribution in [0.5, 0.6) is 11.5 Å². The fourth-order valence-electron chi connectivity index (χ4n) is 3.36. The predicted octanol–water partition coefficient (Wildman–Crippen LogP) is 4.66. The minimum absolute atomic E-state index is 0.633. The third-order valence-corrected chi connectivity index (χ3v) is 4.74. The van der Waals surface area contributed by atoms with E-state index in [9.17, 15) is 0 Å². The van der Waals surface area contributed by atoms with Crippen molar-refractivity contribution in [3.63, 3.8) is 0 Å². The molecule has 1 aromatic heterocycles. The highest BCUT2D eigenvalue weighted by atomic mass is 16.5. The lowest BCUT2D eigenvalue weighted by atomic mass is 10.0. The third-order valence-electron chi connectivity index (χ3n) is 4.74. The highest BCUT2D eigenvalue weighted by molar-refractivity contribution is 5.69. The van der Waals surface area contributed by atoms with Crippen molar-refractivity contribution < 1.29 is 13.9 Å². The first-order valence-electron chi connectivity index (χ1n) is 8.88. The Bertz CT molecular complexity index is 869. The van der Waals surface area contributed by atoms with E-state index in [-0.39, 0.29) is 0 Å². The zero-order valence-corrected chi connectivity index (χ0v) is 15.2. The van der Waals surface area contributed by atoms with Gasteiger partial charge in [0.2, 0.25) is 0 Å². The second-order valence-electron chi connectivity index (χ2n) is 6.67. The van der Waals surface area contributed by atoms with E-state index in [1.165, 1.54) is 11.1 Å². The summed E-state index contributed by atoms with van der Waals surface area (Å²) >= 11 is 0. The number of rotatable bonds is 4. The fourth-order valence-corrected chi connectivity index (χ4v) is 3.36. The van der Waals surface area contributed by atoms with Gasteiger partial charge < -0.3 is 13.9 Å². The van der Waals surface area contributed by atoms with Crippen LogP contribution in [0.15, 0.2) is 59.2 Å². The molecule has 0 radical (unpaired) electrons. The molecule has 0 N–H and O–H groups in total. The average Bonchev–Trinajstić information content (AvgIpc) is 3.07. The first-order chi connectivity index (χ1) is 12.7. The van der Waals surface area contributed by atoms with Gasteiger partial charge in [-0.05, 0) is 42.3 Å². The molecule has 4 heteroatoms. The van der Waals surface area contributed by atoms with Crippen molar-refractivity contribution in [2.24, 2.45) is 0 Å². The van der Waals surface area contributed by atoms with E-state index in [0.717, 1.165) is 48.0 Å². The molecule has 3 aromatic rings. The Morgan fingerprint density at radius 2 is 1.92 bits per heavy atom. The van der Waals surface area contributed by atoms with Gasteiger partial charge in [0.25, 0.3) is 0 Å². The zero-order chi connectivity index (χ0) is 17.9. The Labute approximate surface area is 154 Å². The lowest BCUT2D eigenvalue weighted by molar-refractivity contribution is 0.204. The van der Waals surface area contributed by atoms with Gasteiger partial charge in [0.15, 0.2) is 11.5 Å². The van der Waals surface area contributed by atoms with Crippen molar-refractivity contribution in [3.8, 4) is 22.6 Å². The molecule has 0 unspecified atom stereocenters. The van der Waals surface area contributed by atoms with Crippen molar-refractivity contribution in [2.45, 2.75) is 20.0 Å². The van der Waals surface area contributed by atoms with Gasteiger partial charge >= 0.3 is 0 Å². The Balaban J connectivity index is 1.68. The van der Waals surface area contributed by atoms with Crippen LogP contribution in [0.3, 0.4) is 0 Å². The van der Waals surface area contributed by atoms with E-state index in [1.54, 1.807) is 13.4 Å². The van der Waals surface area contributed by atoms with Crippen molar-refractivity contribution in [2.75, 3.05) is 20.3 Å². The molecule has 0 fully saturated rings. The average molecular weight is 349 g/mol. The van der Waals surface area contributed by atoms with Crippen LogP contribution in [0.2, 0.25) is 0 Å². The molecule has 134 valence electrons. The number of ether oxygens (including phenoxy) is 2. The molecule has 4 rings (SSSR count). The lowest BCUT2D eigenvalue weighted by Gasteiger charge is -2.18. The van der Waals surface area contributed by atoms with E-state index in [1.807, 2.05) is 12.1 Å². The minimum Gasteiger partial charge on any atom is -0.493 e. The highest BCUT2D eigenvalue weighted by Crippen LogP contribution is 2.38. The van der Waals surface area contributed by atoms with Crippen molar-refractivity contribution in [3.05, 3.63) is 71.7 Å². The standard InChI is InChI=1S/C22H23NO3/c1-16-5-7-17(8-6-16)18-12-19-14-23(15-20-4-3-10-25-20)9-11-26-22(19)21(13-18)24-2/h3-8,10,12-13H,9,11,14-15H2,1-2H3. The maximum absolute atomic E-state index is 6.03. The molecule has 0 aliphatic carbocycles. The summed E-state index contributed by atoms with van der Waals surface area (Å²) in [6.07, 6.45) is 1.72. The topological polar surface area (TPSA) is 34.8 Å². The van der Waals surface area contributed by atoms with Crippen LogP contribution in [0.4, 0.5) is 0 Å². The van der Waals surface area contributed by atoms with Crippen LogP contribution in [0, 0.1) is 6.92 Å². The lowest BCUT2D eigenvalue weighted by Crippen LogP contribution is -2.25. The summed E-state index contributed by atoms with van der Waals surface area (Å²) in [4.78, 5) is 2.34. The number of hydrogen-bond acceptors (Lipinski definition) is 4. The highest BCUT2D eigenvalue weighted by Gasteiger charge is 2.21. The second-order valence-corrected chi connectivity index (χ2v) is 6.67. The summed E-state index contributed by atoms with van der Waals surface area (Å²) in [6, 6.07) is 16.8. The largest absolute Gasteiger partial charge is 0.493 e. The predicted molar refractivity (Wildman–Crippen MR) is 101 cm³/mol. The maximum Gasteiger partial charge on any atom is 0.165 e. The molecule has 0 saturated heterocycles. The Hall–Kier alpha value is -2.72. The summed E-state index contributed by atoms with van der Waals surface area (Å²) in [5.74, 6) is 2.61. The monoisotopic (exact) mass is 349 g/mol. The molecule has 0 spiro atoms. The quantitative estimate of drug-likeness (QED) is 0.686. The van der Waals surface area contributed by atoms with Gasteiger partial charge in [0.05, 0.1) is 19.9 Å². The number of aryl methyl sites for hydroxylation is 1. The van der Waals surface area contributed by atoms with Gasteiger partial charge in [-0.15, -0.1) is 0 Å². The molecule has 0 atom stereocenters. The number of benzene rings is 2. The van der Waals surface area contributed by atoms with Gasteiger partial charge in [-0.3, -0.25) is 4.90 Å². The Morgan fingerprint density at radius 3 is 2.65 bits per heavy atom. The summed E-state index contributed by atoms with van der Waals surface area (Å²) in [5.41, 5.74) is 4.72. The van der Waals surface area contributed by atoms with Crippen LogP contribution >= 0.6 is 0 Å². The molecule has 1 aliphatic rings. The van der Waals surface area contributed by atoms with Crippen LogP contribution in [-0.4, -0.2) is 25.2 Å². The van der Waals surface area contributed by atoms with Crippen LogP contribution in [0.25, 0.3) is 11.1 Å².